The van der Waals surface area contributed by atoms with Gasteiger partial charge in [-0.2, -0.15) is 0 Å². The van der Waals surface area contributed by atoms with E-state index >= 15 is 0 Å². The van der Waals surface area contributed by atoms with Crippen molar-refractivity contribution in [3.05, 3.63) is 56.7 Å². The second kappa shape index (κ2) is 7.56. The van der Waals surface area contributed by atoms with E-state index in [2.05, 4.69) is 47.5 Å². The first-order valence-corrected chi connectivity index (χ1v) is 8.11. The predicted octanol–water partition coefficient (Wildman–Crippen LogP) is 3.97. The Labute approximate surface area is 140 Å². The van der Waals surface area contributed by atoms with Crippen LogP contribution >= 0.6 is 31.9 Å². The van der Waals surface area contributed by atoms with Crippen molar-refractivity contribution >= 4 is 43.5 Å². The molecule has 0 radical (unpaired) electrons. The van der Waals surface area contributed by atoms with Crippen LogP contribution in [0.25, 0.3) is 0 Å². The van der Waals surface area contributed by atoms with Crippen LogP contribution in [0.5, 0.6) is 0 Å². The SMILES string of the molecule is CCNC(=O)c1cccc(NCc2ncc(Br)cc2Br)c1. The fraction of sp³-hybridized carbons (Fsp3) is 0.200. The summed E-state index contributed by atoms with van der Waals surface area (Å²) in [6.45, 7) is 3.09. The number of anilines is 1. The van der Waals surface area contributed by atoms with E-state index in [0.717, 1.165) is 20.3 Å². The number of halogens is 2. The summed E-state index contributed by atoms with van der Waals surface area (Å²) in [7, 11) is 0. The summed E-state index contributed by atoms with van der Waals surface area (Å²) < 4.78 is 1.86. The number of amides is 1. The Kier molecular flexibility index (Phi) is 5.76. The Balaban J connectivity index is 2.06. The lowest BCUT2D eigenvalue weighted by Gasteiger charge is -2.09. The molecule has 1 aromatic carbocycles. The highest BCUT2D eigenvalue weighted by atomic mass is 79.9. The van der Waals surface area contributed by atoms with Gasteiger partial charge >= 0.3 is 0 Å². The molecule has 0 unspecified atom stereocenters. The molecule has 0 saturated carbocycles. The zero-order chi connectivity index (χ0) is 15.2. The molecule has 1 heterocycles. The van der Waals surface area contributed by atoms with Crippen LogP contribution in [0.4, 0.5) is 5.69 Å². The number of aromatic nitrogens is 1. The molecule has 0 saturated heterocycles. The Hall–Kier alpha value is -1.40. The number of rotatable bonds is 5. The molecular weight excluding hydrogens is 398 g/mol. The maximum absolute atomic E-state index is 11.8. The van der Waals surface area contributed by atoms with Gasteiger partial charge in [0.15, 0.2) is 0 Å². The lowest BCUT2D eigenvalue weighted by atomic mass is 10.2. The van der Waals surface area contributed by atoms with Crippen LogP contribution in [-0.2, 0) is 6.54 Å². The van der Waals surface area contributed by atoms with Crippen LogP contribution in [0, 0.1) is 0 Å². The van der Waals surface area contributed by atoms with Gasteiger partial charge in [0.05, 0.1) is 12.2 Å². The first-order chi connectivity index (χ1) is 10.1. The molecule has 0 aliphatic rings. The van der Waals surface area contributed by atoms with Gasteiger partial charge in [0.2, 0.25) is 0 Å². The van der Waals surface area contributed by atoms with Crippen LogP contribution in [0.3, 0.4) is 0 Å². The molecule has 1 amide bonds. The Morgan fingerprint density at radius 3 is 2.81 bits per heavy atom. The molecule has 0 fully saturated rings. The lowest BCUT2D eigenvalue weighted by Crippen LogP contribution is -2.22. The molecule has 1 aromatic heterocycles. The number of pyridine rings is 1. The Bertz CT molecular complexity index is 647. The number of nitrogens with zero attached hydrogens (tertiary/aromatic N) is 1. The molecule has 2 rings (SSSR count). The van der Waals surface area contributed by atoms with Gasteiger partial charge < -0.3 is 10.6 Å². The van der Waals surface area contributed by atoms with Gasteiger partial charge in [-0.15, -0.1) is 0 Å². The summed E-state index contributed by atoms with van der Waals surface area (Å²) in [4.78, 5) is 16.1. The normalized spacial score (nSPS) is 10.2. The molecule has 0 aliphatic carbocycles. The molecule has 2 aromatic rings. The van der Waals surface area contributed by atoms with Gasteiger partial charge in [0.1, 0.15) is 0 Å². The fourth-order valence-corrected chi connectivity index (χ4v) is 2.92. The molecule has 0 aliphatic heterocycles. The highest BCUT2D eigenvalue weighted by Crippen LogP contribution is 2.20. The number of hydrogen-bond donors (Lipinski definition) is 2. The first kappa shape index (κ1) is 16.0. The fourth-order valence-electron chi connectivity index (χ4n) is 1.79. The van der Waals surface area contributed by atoms with E-state index in [-0.39, 0.29) is 5.91 Å². The Morgan fingerprint density at radius 2 is 2.10 bits per heavy atom. The summed E-state index contributed by atoms with van der Waals surface area (Å²) in [5.41, 5.74) is 2.43. The van der Waals surface area contributed by atoms with E-state index in [1.807, 2.05) is 31.2 Å². The van der Waals surface area contributed by atoms with E-state index < -0.39 is 0 Å². The third kappa shape index (κ3) is 4.54. The standard InChI is InChI=1S/C15H15Br2N3O/c1-2-18-15(21)10-4-3-5-12(6-10)19-9-14-13(17)7-11(16)8-20-14/h3-8,19H,2,9H2,1H3,(H,18,21). The number of hydrogen-bond acceptors (Lipinski definition) is 3. The van der Waals surface area contributed by atoms with Gasteiger partial charge in [0, 0.05) is 32.9 Å². The molecular formula is C15H15Br2N3O. The molecule has 2 N–H and O–H groups in total. The predicted molar refractivity (Wildman–Crippen MR) is 91.4 cm³/mol. The van der Waals surface area contributed by atoms with Gasteiger partial charge in [-0.3, -0.25) is 9.78 Å². The second-order valence-electron chi connectivity index (χ2n) is 4.38. The summed E-state index contributed by atoms with van der Waals surface area (Å²) in [5.74, 6) is -0.0657. The summed E-state index contributed by atoms with van der Waals surface area (Å²) in [5, 5.41) is 6.06. The second-order valence-corrected chi connectivity index (χ2v) is 6.15. The number of benzene rings is 1. The minimum Gasteiger partial charge on any atom is -0.379 e. The Morgan fingerprint density at radius 1 is 1.29 bits per heavy atom. The van der Waals surface area contributed by atoms with Crippen molar-refractivity contribution in [2.24, 2.45) is 0 Å². The van der Waals surface area contributed by atoms with Crippen molar-refractivity contribution in [1.82, 2.24) is 10.3 Å². The summed E-state index contributed by atoms with van der Waals surface area (Å²) in [6.07, 6.45) is 1.76. The van der Waals surface area contributed by atoms with E-state index in [0.29, 0.717) is 18.7 Å². The van der Waals surface area contributed by atoms with Crippen LogP contribution in [0.15, 0.2) is 45.5 Å². The quantitative estimate of drug-likeness (QED) is 0.781. The van der Waals surface area contributed by atoms with E-state index in [9.17, 15) is 4.79 Å². The van der Waals surface area contributed by atoms with Crippen molar-refractivity contribution in [3.8, 4) is 0 Å². The monoisotopic (exact) mass is 411 g/mol. The van der Waals surface area contributed by atoms with Crippen LogP contribution < -0.4 is 10.6 Å². The smallest absolute Gasteiger partial charge is 0.251 e. The average Bonchev–Trinajstić information content (AvgIpc) is 2.47. The van der Waals surface area contributed by atoms with Crippen LogP contribution in [0.1, 0.15) is 23.0 Å². The highest BCUT2D eigenvalue weighted by molar-refractivity contribution is 9.11. The van der Waals surface area contributed by atoms with E-state index in [1.165, 1.54) is 0 Å². The van der Waals surface area contributed by atoms with Crippen molar-refractivity contribution in [3.63, 3.8) is 0 Å². The summed E-state index contributed by atoms with van der Waals surface area (Å²) in [6, 6.07) is 9.36. The van der Waals surface area contributed by atoms with E-state index in [4.69, 9.17) is 0 Å². The van der Waals surface area contributed by atoms with Crippen LogP contribution in [0.2, 0.25) is 0 Å². The average molecular weight is 413 g/mol. The molecule has 4 nitrogen and oxygen atoms in total. The van der Waals surface area contributed by atoms with Gasteiger partial charge in [0.25, 0.3) is 5.91 Å². The zero-order valence-corrected chi connectivity index (χ0v) is 14.7. The van der Waals surface area contributed by atoms with Gasteiger partial charge in [-0.05, 0) is 63.0 Å². The molecule has 0 bridgehead atoms. The minimum atomic E-state index is -0.0657. The van der Waals surface area contributed by atoms with Gasteiger partial charge in [-0.1, -0.05) is 6.07 Å². The third-order valence-corrected chi connectivity index (χ3v) is 3.93. The van der Waals surface area contributed by atoms with Crippen molar-refractivity contribution in [2.75, 3.05) is 11.9 Å². The molecule has 0 atom stereocenters. The number of carbonyl (C=O) groups is 1. The molecule has 0 spiro atoms. The van der Waals surface area contributed by atoms with Crippen molar-refractivity contribution < 1.29 is 4.79 Å². The van der Waals surface area contributed by atoms with Crippen molar-refractivity contribution in [2.45, 2.75) is 13.5 Å². The third-order valence-electron chi connectivity index (χ3n) is 2.81. The molecule has 6 heteroatoms. The maximum Gasteiger partial charge on any atom is 0.251 e. The van der Waals surface area contributed by atoms with Crippen molar-refractivity contribution in [1.29, 1.82) is 0 Å². The summed E-state index contributed by atoms with van der Waals surface area (Å²) >= 11 is 6.86. The van der Waals surface area contributed by atoms with Gasteiger partial charge in [-0.25, -0.2) is 0 Å². The van der Waals surface area contributed by atoms with Crippen LogP contribution in [-0.4, -0.2) is 17.4 Å². The largest absolute Gasteiger partial charge is 0.379 e. The molecule has 110 valence electrons. The zero-order valence-electron chi connectivity index (χ0n) is 11.5. The highest BCUT2D eigenvalue weighted by Gasteiger charge is 2.06. The number of nitrogens with one attached hydrogen (secondary N) is 2. The lowest BCUT2D eigenvalue weighted by molar-refractivity contribution is 0.0956. The topological polar surface area (TPSA) is 54.0 Å². The molecule has 21 heavy (non-hydrogen) atoms. The van der Waals surface area contributed by atoms with E-state index in [1.54, 1.807) is 12.3 Å². The number of carbonyl (C=O) groups excluding carboxylic acids is 1. The first-order valence-electron chi connectivity index (χ1n) is 6.52. The minimum absolute atomic E-state index is 0.0657. The maximum atomic E-state index is 11.8.